The average molecular weight is 338 g/mol. The molecule has 1 N–H and O–H groups in total. The summed E-state index contributed by atoms with van der Waals surface area (Å²) in [6.07, 6.45) is -2.90. The van der Waals surface area contributed by atoms with E-state index in [1.807, 2.05) is 4.90 Å². The first-order chi connectivity index (χ1) is 11.4. The highest BCUT2D eigenvalue weighted by molar-refractivity contribution is 5.56. The number of likely N-dealkylation sites (N-methyl/N-ethyl adjacent to an activating group) is 1. The zero-order valence-corrected chi connectivity index (χ0v) is 13.1. The number of nitrogens with one attached hydrogen (secondary N) is 1. The van der Waals surface area contributed by atoms with Crippen molar-refractivity contribution in [3.63, 3.8) is 0 Å². The van der Waals surface area contributed by atoms with E-state index >= 15 is 0 Å². The molecule has 0 saturated carbocycles. The van der Waals surface area contributed by atoms with Crippen LogP contribution in [0.2, 0.25) is 0 Å². The average Bonchev–Trinajstić information content (AvgIpc) is 2.55. The lowest BCUT2D eigenvalue weighted by Gasteiger charge is -2.32. The van der Waals surface area contributed by atoms with E-state index in [0.29, 0.717) is 17.5 Å². The first kappa shape index (κ1) is 16.4. The molecular formula is C15H17F3N6. The van der Waals surface area contributed by atoms with Crippen molar-refractivity contribution < 1.29 is 13.2 Å². The van der Waals surface area contributed by atoms with E-state index in [1.54, 1.807) is 0 Å². The van der Waals surface area contributed by atoms with Crippen molar-refractivity contribution in [3.05, 3.63) is 36.0 Å². The molecule has 2 heterocycles. The van der Waals surface area contributed by atoms with Crippen LogP contribution in [-0.4, -0.2) is 53.3 Å². The fourth-order valence-electron chi connectivity index (χ4n) is 2.39. The van der Waals surface area contributed by atoms with Gasteiger partial charge in [0.05, 0.1) is 11.8 Å². The third-order valence-electron chi connectivity index (χ3n) is 3.82. The highest BCUT2D eigenvalue weighted by Gasteiger charge is 2.29. The largest absolute Gasteiger partial charge is 0.416 e. The van der Waals surface area contributed by atoms with Gasteiger partial charge in [0, 0.05) is 31.9 Å². The molecule has 0 unspecified atom stereocenters. The Kier molecular flexibility index (Phi) is 4.52. The minimum atomic E-state index is -4.34. The topological polar surface area (TPSA) is 57.2 Å². The van der Waals surface area contributed by atoms with Gasteiger partial charge >= 0.3 is 6.18 Å². The molecule has 1 aromatic heterocycles. The van der Waals surface area contributed by atoms with Crippen molar-refractivity contribution in [2.45, 2.75) is 6.18 Å². The highest BCUT2D eigenvalue weighted by atomic mass is 19.4. The normalized spacial score (nSPS) is 16.2. The summed E-state index contributed by atoms with van der Waals surface area (Å²) in [5.41, 5.74) is -0.181. The van der Waals surface area contributed by atoms with E-state index in [1.165, 1.54) is 18.3 Å². The SMILES string of the molecule is CN1CCN(c2nncc(Nc3ccc(C(F)(F)F)cc3)n2)CC1. The molecule has 0 atom stereocenters. The molecule has 1 aromatic carbocycles. The van der Waals surface area contributed by atoms with E-state index in [2.05, 4.69) is 32.4 Å². The van der Waals surface area contributed by atoms with Crippen LogP contribution in [0.5, 0.6) is 0 Å². The Morgan fingerprint density at radius 3 is 2.33 bits per heavy atom. The van der Waals surface area contributed by atoms with Crippen LogP contribution in [0.3, 0.4) is 0 Å². The minimum absolute atomic E-state index is 0.443. The highest BCUT2D eigenvalue weighted by Crippen LogP contribution is 2.30. The number of anilines is 3. The second-order valence-corrected chi connectivity index (χ2v) is 5.63. The van der Waals surface area contributed by atoms with Gasteiger partial charge in [-0.05, 0) is 31.3 Å². The third kappa shape index (κ3) is 3.91. The Bertz CT molecular complexity index is 680. The Morgan fingerprint density at radius 1 is 1.04 bits per heavy atom. The van der Waals surface area contributed by atoms with Gasteiger partial charge in [-0.2, -0.15) is 23.3 Å². The van der Waals surface area contributed by atoms with Crippen LogP contribution in [0.4, 0.5) is 30.6 Å². The van der Waals surface area contributed by atoms with Gasteiger partial charge in [0.25, 0.3) is 0 Å². The number of hydrogen-bond donors (Lipinski definition) is 1. The number of halogens is 3. The number of alkyl halides is 3. The maximum atomic E-state index is 12.6. The lowest BCUT2D eigenvalue weighted by atomic mass is 10.2. The molecule has 1 saturated heterocycles. The second-order valence-electron chi connectivity index (χ2n) is 5.63. The molecule has 128 valence electrons. The van der Waals surface area contributed by atoms with Gasteiger partial charge in [0.2, 0.25) is 5.95 Å². The summed E-state index contributed by atoms with van der Waals surface area (Å²) in [6.45, 7) is 3.45. The van der Waals surface area contributed by atoms with Gasteiger partial charge in [0.15, 0.2) is 5.82 Å². The predicted molar refractivity (Wildman–Crippen MR) is 84.3 cm³/mol. The molecule has 1 fully saturated rings. The van der Waals surface area contributed by atoms with Crippen LogP contribution >= 0.6 is 0 Å². The molecule has 0 aliphatic carbocycles. The second kappa shape index (κ2) is 6.60. The van der Waals surface area contributed by atoms with Crippen LogP contribution < -0.4 is 10.2 Å². The lowest BCUT2D eigenvalue weighted by Crippen LogP contribution is -2.45. The predicted octanol–water partition coefficient (Wildman–Crippen LogP) is 2.39. The molecule has 0 radical (unpaired) electrons. The minimum Gasteiger partial charge on any atom is -0.339 e. The number of benzene rings is 1. The summed E-state index contributed by atoms with van der Waals surface area (Å²) in [5, 5.41) is 10.9. The molecule has 6 nitrogen and oxygen atoms in total. The third-order valence-corrected chi connectivity index (χ3v) is 3.82. The smallest absolute Gasteiger partial charge is 0.339 e. The molecule has 0 amide bonds. The van der Waals surface area contributed by atoms with E-state index in [4.69, 9.17) is 0 Å². The van der Waals surface area contributed by atoms with Crippen molar-refractivity contribution in [3.8, 4) is 0 Å². The molecular weight excluding hydrogens is 321 g/mol. The summed E-state index contributed by atoms with van der Waals surface area (Å²) in [6, 6.07) is 4.78. The molecule has 3 rings (SSSR count). The Balaban J connectivity index is 1.70. The zero-order valence-electron chi connectivity index (χ0n) is 13.1. The Labute approximate surface area is 137 Å². The molecule has 24 heavy (non-hydrogen) atoms. The zero-order chi connectivity index (χ0) is 17.2. The van der Waals surface area contributed by atoms with E-state index in [0.717, 1.165) is 38.3 Å². The van der Waals surface area contributed by atoms with Crippen molar-refractivity contribution in [1.82, 2.24) is 20.1 Å². The number of aromatic nitrogens is 3. The van der Waals surface area contributed by atoms with Gasteiger partial charge in [-0.15, -0.1) is 5.10 Å². The Morgan fingerprint density at radius 2 is 1.71 bits per heavy atom. The summed E-state index contributed by atoms with van der Waals surface area (Å²) in [4.78, 5) is 8.64. The summed E-state index contributed by atoms with van der Waals surface area (Å²) < 4.78 is 37.7. The van der Waals surface area contributed by atoms with Gasteiger partial charge in [-0.3, -0.25) is 0 Å². The van der Waals surface area contributed by atoms with E-state index in [-0.39, 0.29) is 0 Å². The fraction of sp³-hybridized carbons (Fsp3) is 0.400. The van der Waals surface area contributed by atoms with E-state index in [9.17, 15) is 13.2 Å². The van der Waals surface area contributed by atoms with Crippen LogP contribution in [0.25, 0.3) is 0 Å². The molecule has 0 spiro atoms. The van der Waals surface area contributed by atoms with E-state index < -0.39 is 11.7 Å². The fourth-order valence-corrected chi connectivity index (χ4v) is 2.39. The first-order valence-electron chi connectivity index (χ1n) is 7.49. The van der Waals surface area contributed by atoms with Crippen LogP contribution in [0.1, 0.15) is 5.56 Å². The number of rotatable bonds is 3. The summed E-state index contributed by atoms with van der Waals surface area (Å²) in [7, 11) is 2.05. The van der Waals surface area contributed by atoms with Crippen molar-refractivity contribution >= 4 is 17.5 Å². The van der Waals surface area contributed by atoms with Crippen LogP contribution in [0.15, 0.2) is 30.5 Å². The van der Waals surface area contributed by atoms with Crippen molar-refractivity contribution in [2.75, 3.05) is 43.4 Å². The summed E-state index contributed by atoms with van der Waals surface area (Å²) >= 11 is 0. The number of hydrogen-bond acceptors (Lipinski definition) is 6. The van der Waals surface area contributed by atoms with Crippen LogP contribution in [-0.2, 0) is 6.18 Å². The lowest BCUT2D eigenvalue weighted by molar-refractivity contribution is -0.137. The number of nitrogens with zero attached hydrogens (tertiary/aromatic N) is 5. The maximum Gasteiger partial charge on any atom is 0.416 e. The summed E-state index contributed by atoms with van der Waals surface area (Å²) in [5.74, 6) is 0.957. The van der Waals surface area contributed by atoms with Gasteiger partial charge in [-0.25, -0.2) is 0 Å². The van der Waals surface area contributed by atoms with Gasteiger partial charge in [0.1, 0.15) is 0 Å². The molecule has 1 aliphatic heterocycles. The molecule has 0 bridgehead atoms. The quantitative estimate of drug-likeness (QED) is 0.927. The molecule has 1 aliphatic rings. The van der Waals surface area contributed by atoms with Crippen LogP contribution in [0, 0.1) is 0 Å². The maximum absolute atomic E-state index is 12.6. The number of piperazine rings is 1. The first-order valence-corrected chi connectivity index (χ1v) is 7.49. The Hall–Kier alpha value is -2.42. The monoisotopic (exact) mass is 338 g/mol. The molecule has 9 heteroatoms. The van der Waals surface area contributed by atoms with Crippen molar-refractivity contribution in [2.24, 2.45) is 0 Å². The molecule has 2 aromatic rings. The van der Waals surface area contributed by atoms with Crippen molar-refractivity contribution in [1.29, 1.82) is 0 Å². The van der Waals surface area contributed by atoms with Gasteiger partial charge < -0.3 is 15.1 Å². The standard InChI is InChI=1S/C15H17F3N6/c1-23-6-8-24(9-7-23)14-21-13(10-19-22-14)20-12-4-2-11(3-5-12)15(16,17)18/h2-5,10H,6-9H2,1H3,(H,20,21,22). The van der Waals surface area contributed by atoms with Gasteiger partial charge in [-0.1, -0.05) is 0 Å².